The quantitative estimate of drug-likeness (QED) is 0.454. The third kappa shape index (κ3) is 4.22. The number of fused-ring (bicyclic) bond motifs is 1. The van der Waals surface area contributed by atoms with E-state index in [1.807, 2.05) is 0 Å². The molecule has 2 aliphatic heterocycles. The molecule has 3 aromatic rings. The monoisotopic (exact) mass is 464 g/mol. The highest BCUT2D eigenvalue weighted by Crippen LogP contribution is 2.42. The summed E-state index contributed by atoms with van der Waals surface area (Å²) in [5, 5.41) is 14.7. The van der Waals surface area contributed by atoms with Crippen molar-refractivity contribution in [3.63, 3.8) is 0 Å². The van der Waals surface area contributed by atoms with Crippen molar-refractivity contribution in [1.82, 2.24) is 25.5 Å². The minimum atomic E-state index is -0.304. The Kier molecular flexibility index (Phi) is 5.41. The summed E-state index contributed by atoms with van der Waals surface area (Å²) >= 11 is 0. The fraction of sp³-hybridized carbons (Fsp3) is 0.560. The van der Waals surface area contributed by atoms with Crippen molar-refractivity contribution in [3.05, 3.63) is 35.3 Å². The van der Waals surface area contributed by atoms with Crippen LogP contribution in [0.2, 0.25) is 0 Å². The average Bonchev–Trinajstić information content (AvgIpc) is 3.63. The Balaban J connectivity index is 1.39. The molecule has 9 heteroatoms. The maximum atomic E-state index is 15.1. The highest BCUT2D eigenvalue weighted by atomic mass is 19.1. The minimum absolute atomic E-state index is 0.157. The van der Waals surface area contributed by atoms with Crippen LogP contribution in [0.25, 0.3) is 10.9 Å². The van der Waals surface area contributed by atoms with Crippen LogP contribution in [0.3, 0.4) is 0 Å². The zero-order valence-electron chi connectivity index (χ0n) is 19.7. The Morgan fingerprint density at radius 3 is 2.56 bits per heavy atom. The van der Waals surface area contributed by atoms with E-state index in [1.165, 1.54) is 5.56 Å². The van der Waals surface area contributed by atoms with Gasteiger partial charge in [-0.05, 0) is 82.2 Å². The van der Waals surface area contributed by atoms with Gasteiger partial charge in [-0.15, -0.1) is 0 Å². The fourth-order valence-corrected chi connectivity index (χ4v) is 5.18. The topological polar surface area (TPSA) is 108 Å². The molecule has 4 heterocycles. The van der Waals surface area contributed by atoms with Crippen molar-refractivity contribution in [3.8, 4) is 0 Å². The van der Waals surface area contributed by atoms with Gasteiger partial charge in [-0.1, -0.05) is 6.07 Å². The van der Waals surface area contributed by atoms with Crippen molar-refractivity contribution in [2.75, 3.05) is 36.4 Å². The first kappa shape index (κ1) is 21.7. The van der Waals surface area contributed by atoms with E-state index in [1.54, 1.807) is 0 Å². The molecule has 34 heavy (non-hydrogen) atoms. The SMILES string of the molecule is CC1(N)CCN(c2nc(Nc3n[nH]c(C4CC4)c3F)c3cc(C4CCNCC4)ccc3n2)CC1. The van der Waals surface area contributed by atoms with E-state index in [2.05, 4.69) is 50.9 Å². The molecule has 0 bridgehead atoms. The first-order chi connectivity index (χ1) is 16.5. The van der Waals surface area contributed by atoms with E-state index in [0.29, 0.717) is 23.4 Å². The number of anilines is 3. The summed E-state index contributed by atoms with van der Waals surface area (Å²) in [6, 6.07) is 6.44. The van der Waals surface area contributed by atoms with Gasteiger partial charge in [-0.3, -0.25) is 5.10 Å². The number of benzene rings is 1. The molecule has 5 N–H and O–H groups in total. The van der Waals surface area contributed by atoms with Crippen molar-refractivity contribution < 1.29 is 4.39 Å². The van der Waals surface area contributed by atoms with Gasteiger partial charge in [0.05, 0.1) is 11.2 Å². The Morgan fingerprint density at radius 2 is 1.82 bits per heavy atom. The average molecular weight is 465 g/mol. The summed E-state index contributed by atoms with van der Waals surface area (Å²) < 4.78 is 15.1. The predicted octanol–water partition coefficient (Wildman–Crippen LogP) is 3.90. The number of aromatic amines is 1. The first-order valence-electron chi connectivity index (χ1n) is 12.5. The molecule has 1 saturated carbocycles. The molecule has 8 nitrogen and oxygen atoms in total. The van der Waals surface area contributed by atoms with Gasteiger partial charge in [0.15, 0.2) is 11.6 Å². The number of nitrogens with zero attached hydrogens (tertiary/aromatic N) is 4. The summed E-state index contributed by atoms with van der Waals surface area (Å²) in [5.74, 6) is 1.91. The summed E-state index contributed by atoms with van der Waals surface area (Å²) in [6.07, 6.45) is 5.99. The number of aromatic nitrogens is 4. The minimum Gasteiger partial charge on any atom is -0.341 e. The molecule has 0 amide bonds. The standard InChI is InChI=1S/C25H33FN8/c1-25(27)8-12-34(13-9-25)24-29-19-5-4-17(15-6-10-28-11-7-15)14-18(19)22(31-24)30-23-20(26)21(32-33-23)16-2-3-16/h4-5,14-16,28H,2-3,6-13,27H2,1H3,(H2,29,30,31,32,33). The summed E-state index contributed by atoms with van der Waals surface area (Å²) in [5.41, 5.74) is 8.91. The molecule has 0 radical (unpaired) electrons. The Labute approximate surface area is 198 Å². The molecular formula is C25H33FN8. The van der Waals surface area contributed by atoms with Gasteiger partial charge >= 0.3 is 0 Å². The lowest BCUT2D eigenvalue weighted by molar-refractivity contribution is 0.362. The third-order valence-corrected chi connectivity index (χ3v) is 7.66. The molecule has 180 valence electrons. The molecule has 2 saturated heterocycles. The molecule has 0 atom stereocenters. The van der Waals surface area contributed by atoms with Crippen LogP contribution >= 0.6 is 0 Å². The van der Waals surface area contributed by atoms with E-state index in [9.17, 15) is 0 Å². The molecule has 3 aliphatic rings. The van der Waals surface area contributed by atoms with Gasteiger partial charge in [0.2, 0.25) is 5.95 Å². The highest BCUT2D eigenvalue weighted by Gasteiger charge is 2.31. The maximum Gasteiger partial charge on any atom is 0.227 e. The van der Waals surface area contributed by atoms with Crippen molar-refractivity contribution in [2.24, 2.45) is 5.73 Å². The lowest BCUT2D eigenvalue weighted by Crippen LogP contribution is -2.48. The van der Waals surface area contributed by atoms with E-state index < -0.39 is 0 Å². The number of nitrogens with one attached hydrogen (secondary N) is 3. The molecule has 1 aliphatic carbocycles. The predicted molar refractivity (Wildman–Crippen MR) is 132 cm³/mol. The first-order valence-corrected chi connectivity index (χ1v) is 12.5. The second kappa shape index (κ2) is 8.46. The molecule has 0 unspecified atom stereocenters. The highest BCUT2D eigenvalue weighted by molar-refractivity contribution is 5.92. The second-order valence-corrected chi connectivity index (χ2v) is 10.5. The Bertz CT molecular complexity index is 1190. The Morgan fingerprint density at radius 1 is 1.06 bits per heavy atom. The number of hydrogen-bond acceptors (Lipinski definition) is 7. The number of piperidine rings is 2. The number of H-pyrrole nitrogens is 1. The fourth-order valence-electron chi connectivity index (χ4n) is 5.18. The van der Waals surface area contributed by atoms with Gasteiger partial charge < -0.3 is 21.3 Å². The second-order valence-electron chi connectivity index (χ2n) is 10.5. The van der Waals surface area contributed by atoms with E-state index in [-0.39, 0.29) is 23.1 Å². The lowest BCUT2D eigenvalue weighted by Gasteiger charge is -2.36. The zero-order chi connectivity index (χ0) is 23.3. The smallest absolute Gasteiger partial charge is 0.227 e. The molecule has 2 aromatic heterocycles. The molecule has 6 rings (SSSR count). The van der Waals surface area contributed by atoms with Crippen LogP contribution in [0.1, 0.15) is 68.5 Å². The van der Waals surface area contributed by atoms with Crippen LogP contribution in [0.15, 0.2) is 18.2 Å². The molecule has 1 aromatic carbocycles. The number of halogens is 1. The van der Waals surface area contributed by atoms with E-state index in [0.717, 1.165) is 75.6 Å². The van der Waals surface area contributed by atoms with Crippen LogP contribution in [-0.4, -0.2) is 51.9 Å². The Hall–Kier alpha value is -2.78. The van der Waals surface area contributed by atoms with Crippen LogP contribution in [0.4, 0.5) is 22.0 Å². The van der Waals surface area contributed by atoms with Gasteiger partial charge in [0.1, 0.15) is 5.82 Å². The van der Waals surface area contributed by atoms with Crippen molar-refractivity contribution in [2.45, 2.75) is 62.8 Å². The van der Waals surface area contributed by atoms with Crippen LogP contribution in [-0.2, 0) is 0 Å². The van der Waals surface area contributed by atoms with E-state index in [4.69, 9.17) is 15.7 Å². The van der Waals surface area contributed by atoms with Crippen LogP contribution < -0.4 is 21.3 Å². The van der Waals surface area contributed by atoms with Gasteiger partial charge in [0, 0.05) is 29.9 Å². The summed E-state index contributed by atoms with van der Waals surface area (Å²) in [7, 11) is 0. The van der Waals surface area contributed by atoms with Gasteiger partial charge in [-0.25, -0.2) is 9.37 Å². The van der Waals surface area contributed by atoms with Gasteiger partial charge in [0.25, 0.3) is 0 Å². The maximum absolute atomic E-state index is 15.1. The summed E-state index contributed by atoms with van der Waals surface area (Å²) in [6.45, 7) is 5.75. The summed E-state index contributed by atoms with van der Waals surface area (Å²) in [4.78, 5) is 12.0. The molecule has 0 spiro atoms. The third-order valence-electron chi connectivity index (χ3n) is 7.66. The number of nitrogens with two attached hydrogens (primary N) is 1. The van der Waals surface area contributed by atoms with E-state index >= 15 is 4.39 Å². The largest absolute Gasteiger partial charge is 0.341 e. The van der Waals surface area contributed by atoms with Crippen LogP contribution in [0, 0.1) is 5.82 Å². The van der Waals surface area contributed by atoms with Gasteiger partial charge in [-0.2, -0.15) is 10.1 Å². The number of rotatable bonds is 5. The normalized spacial score (nSPS) is 21.2. The van der Waals surface area contributed by atoms with Crippen molar-refractivity contribution in [1.29, 1.82) is 0 Å². The van der Waals surface area contributed by atoms with Crippen LogP contribution in [0.5, 0.6) is 0 Å². The molecular weight excluding hydrogens is 431 g/mol. The van der Waals surface area contributed by atoms with Crippen molar-refractivity contribution >= 4 is 28.5 Å². The zero-order valence-corrected chi connectivity index (χ0v) is 19.7. The molecule has 3 fully saturated rings. The lowest BCUT2D eigenvalue weighted by atomic mass is 9.89. The number of hydrogen-bond donors (Lipinski definition) is 4.